The van der Waals surface area contributed by atoms with Crippen LogP contribution in [0.5, 0.6) is 0 Å². The fourth-order valence-electron chi connectivity index (χ4n) is 10.5. The Bertz CT molecular complexity index is 2750. The number of hydrogen-bond donors (Lipinski definition) is 4. The van der Waals surface area contributed by atoms with Crippen LogP contribution in [0.25, 0.3) is 55.1 Å². The number of unbranched alkanes of at least 4 members (excludes halogenated alkanes) is 2. The Hall–Kier alpha value is -6.62. The molecule has 2 aliphatic rings. The van der Waals surface area contributed by atoms with Crippen molar-refractivity contribution >= 4 is 44.7 Å². The third-order valence-electron chi connectivity index (χ3n) is 14.1. The molecule has 2 atom stereocenters. The van der Waals surface area contributed by atoms with Crippen LogP contribution in [-0.2, 0) is 22.4 Å². The highest BCUT2D eigenvalue weighted by Gasteiger charge is 2.29. The molecule has 2 aromatic heterocycles. The van der Waals surface area contributed by atoms with Crippen LogP contribution in [0.2, 0.25) is 0 Å². The molecular formula is C58H64N8O2. The fourth-order valence-corrected chi connectivity index (χ4v) is 10.5. The summed E-state index contributed by atoms with van der Waals surface area (Å²) in [7, 11) is 0. The molecular weight excluding hydrogens is 841 g/mol. The summed E-state index contributed by atoms with van der Waals surface area (Å²) in [6.45, 7) is 5.20. The largest absolute Gasteiger partial charge is 0.354 e. The number of nitrogens with one attached hydrogen (secondary N) is 4. The molecule has 68 heavy (non-hydrogen) atoms. The number of aromatic nitrogens is 4. The van der Waals surface area contributed by atoms with Crippen LogP contribution in [0.15, 0.2) is 133 Å². The van der Waals surface area contributed by atoms with E-state index in [-0.39, 0.29) is 23.9 Å². The Morgan fingerprint density at radius 1 is 0.471 bits per heavy atom. The summed E-state index contributed by atoms with van der Waals surface area (Å²) in [5.41, 5.74) is 10.8. The Morgan fingerprint density at radius 3 is 1.29 bits per heavy atom. The number of nitrogens with zero attached hydrogens (tertiary/aromatic N) is 4. The highest BCUT2D eigenvalue weighted by Crippen LogP contribution is 2.32. The maximum atomic E-state index is 13.5. The van der Waals surface area contributed by atoms with Crippen molar-refractivity contribution in [2.75, 3.05) is 39.3 Å². The number of likely N-dealkylation sites (tertiary alicyclic amines) is 2. The molecule has 2 saturated heterocycles. The number of rotatable bonds is 18. The molecule has 0 spiro atoms. The standard InChI is InChI=1S/C58H64N8O2/c67-57(55(41-17-5-1-6-18-41)65-33-13-3-14-34-65)59-31-11-9-21-53-61-49-29-27-47(39-51(49)63-53)45-25-23-44-38-46(26-24-43(44)37-45)48-28-30-50-52(40-48)64-54(62-50)22-10-12-32-60-58(68)56(42-19-7-2-8-20-42)66-35-15-4-16-36-66/h1-2,5-8,17-20,23-30,37-40,55-56H,3-4,9-16,21-22,31-36H2,(H,59,67)(H,60,68)(H,61,63)(H,62,64). The average molecular weight is 905 g/mol. The molecule has 10 rings (SSSR count). The van der Waals surface area contributed by atoms with E-state index in [1.165, 1.54) is 34.7 Å². The van der Waals surface area contributed by atoms with Crippen LogP contribution in [-0.4, -0.2) is 80.8 Å². The first-order valence-corrected chi connectivity index (χ1v) is 25.2. The van der Waals surface area contributed by atoms with Gasteiger partial charge in [-0.3, -0.25) is 19.4 Å². The van der Waals surface area contributed by atoms with Crippen LogP contribution in [0.4, 0.5) is 0 Å². The molecule has 4 heterocycles. The van der Waals surface area contributed by atoms with Gasteiger partial charge in [0.2, 0.25) is 11.8 Å². The Balaban J connectivity index is 0.711. The highest BCUT2D eigenvalue weighted by atomic mass is 16.2. The highest BCUT2D eigenvalue weighted by molar-refractivity contribution is 5.93. The predicted octanol–water partition coefficient (Wildman–Crippen LogP) is 11.3. The second kappa shape index (κ2) is 21.6. The number of amides is 2. The lowest BCUT2D eigenvalue weighted by Crippen LogP contribution is -2.43. The average Bonchev–Trinajstić information content (AvgIpc) is 4.00. The summed E-state index contributed by atoms with van der Waals surface area (Å²) in [6.07, 6.45) is 12.4. The minimum absolute atomic E-state index is 0.105. The molecule has 2 unspecified atom stereocenters. The van der Waals surface area contributed by atoms with Crippen LogP contribution in [0.3, 0.4) is 0 Å². The number of H-pyrrole nitrogens is 2. The number of carbonyl (C=O) groups is 2. The molecule has 2 fully saturated rings. The van der Waals surface area contributed by atoms with Gasteiger partial charge in [0.1, 0.15) is 23.7 Å². The fraction of sp³-hybridized carbons (Fsp3) is 0.345. The third-order valence-corrected chi connectivity index (χ3v) is 14.1. The minimum Gasteiger partial charge on any atom is -0.354 e. The molecule has 2 amide bonds. The number of imidazole rings is 2. The molecule has 6 aromatic carbocycles. The topological polar surface area (TPSA) is 122 Å². The van der Waals surface area contributed by atoms with Crippen molar-refractivity contribution in [2.24, 2.45) is 0 Å². The number of aryl methyl sites for hydroxylation is 2. The van der Waals surface area contributed by atoms with E-state index in [1.54, 1.807) is 0 Å². The van der Waals surface area contributed by atoms with Crippen molar-refractivity contribution in [2.45, 2.75) is 89.1 Å². The minimum atomic E-state index is -0.222. The maximum Gasteiger partial charge on any atom is 0.241 e. The van der Waals surface area contributed by atoms with E-state index in [0.717, 1.165) is 146 Å². The van der Waals surface area contributed by atoms with Crippen molar-refractivity contribution in [3.8, 4) is 22.3 Å². The van der Waals surface area contributed by atoms with E-state index < -0.39 is 0 Å². The van der Waals surface area contributed by atoms with Crippen LogP contribution < -0.4 is 10.6 Å². The van der Waals surface area contributed by atoms with Gasteiger partial charge in [-0.1, -0.05) is 110 Å². The van der Waals surface area contributed by atoms with Gasteiger partial charge in [0, 0.05) is 25.9 Å². The van der Waals surface area contributed by atoms with Crippen molar-refractivity contribution in [3.05, 3.63) is 156 Å². The number of benzene rings is 6. The van der Waals surface area contributed by atoms with E-state index in [2.05, 4.69) is 127 Å². The summed E-state index contributed by atoms with van der Waals surface area (Å²) in [4.78, 5) is 48.5. The normalized spacial score (nSPS) is 15.7. The van der Waals surface area contributed by atoms with Crippen LogP contribution in [0, 0.1) is 0 Å². The van der Waals surface area contributed by atoms with Crippen molar-refractivity contribution in [3.63, 3.8) is 0 Å². The van der Waals surface area contributed by atoms with Gasteiger partial charge in [-0.25, -0.2) is 9.97 Å². The second-order valence-electron chi connectivity index (χ2n) is 18.9. The van der Waals surface area contributed by atoms with E-state index in [1.807, 2.05) is 36.4 Å². The molecule has 0 bridgehead atoms. The first-order chi connectivity index (χ1) is 33.5. The lowest BCUT2D eigenvalue weighted by molar-refractivity contribution is -0.128. The summed E-state index contributed by atoms with van der Waals surface area (Å²) < 4.78 is 0. The Labute approximate surface area is 400 Å². The molecule has 4 N–H and O–H groups in total. The summed E-state index contributed by atoms with van der Waals surface area (Å²) >= 11 is 0. The van der Waals surface area contributed by atoms with Crippen LogP contribution >= 0.6 is 0 Å². The van der Waals surface area contributed by atoms with Gasteiger partial charge in [0.15, 0.2) is 0 Å². The number of aromatic amines is 2. The smallest absolute Gasteiger partial charge is 0.241 e. The molecule has 0 radical (unpaired) electrons. The SMILES string of the molecule is O=C(NCCCCc1nc2ccc(-c3ccc4cc(-c5ccc6nc(CCCCNC(=O)C(c7ccccc7)N7CCCCC7)[nH]c6c5)ccc4c3)cc2[nH]1)C(c1ccccc1)N1CCCCC1. The quantitative estimate of drug-likeness (QED) is 0.0636. The van der Waals surface area contributed by atoms with Gasteiger partial charge in [0.05, 0.1) is 22.1 Å². The summed E-state index contributed by atoms with van der Waals surface area (Å²) in [6, 6.07) is 46.3. The van der Waals surface area contributed by atoms with Gasteiger partial charge in [-0.05, 0) is 158 Å². The van der Waals surface area contributed by atoms with Gasteiger partial charge in [-0.2, -0.15) is 0 Å². The van der Waals surface area contributed by atoms with Gasteiger partial charge >= 0.3 is 0 Å². The van der Waals surface area contributed by atoms with E-state index >= 15 is 0 Å². The van der Waals surface area contributed by atoms with E-state index in [4.69, 9.17) is 9.97 Å². The van der Waals surface area contributed by atoms with Crippen molar-refractivity contribution < 1.29 is 9.59 Å². The zero-order valence-corrected chi connectivity index (χ0v) is 39.2. The lowest BCUT2D eigenvalue weighted by Gasteiger charge is -2.34. The molecule has 10 nitrogen and oxygen atoms in total. The predicted molar refractivity (Wildman–Crippen MR) is 275 cm³/mol. The number of carbonyl (C=O) groups excluding carboxylic acids is 2. The van der Waals surface area contributed by atoms with Gasteiger partial charge in [-0.15, -0.1) is 0 Å². The molecule has 2 aliphatic heterocycles. The van der Waals surface area contributed by atoms with Crippen molar-refractivity contribution in [1.82, 2.24) is 40.4 Å². The van der Waals surface area contributed by atoms with Gasteiger partial charge < -0.3 is 20.6 Å². The monoisotopic (exact) mass is 905 g/mol. The number of hydrogen-bond acceptors (Lipinski definition) is 6. The summed E-state index contributed by atoms with van der Waals surface area (Å²) in [5, 5.41) is 8.88. The molecule has 0 saturated carbocycles. The summed E-state index contributed by atoms with van der Waals surface area (Å²) in [5.74, 6) is 2.17. The van der Waals surface area contributed by atoms with E-state index in [9.17, 15) is 9.59 Å². The third kappa shape index (κ3) is 10.7. The number of fused-ring (bicyclic) bond motifs is 3. The molecule has 0 aliphatic carbocycles. The number of piperidine rings is 2. The molecule has 8 aromatic rings. The molecule has 10 heteroatoms. The van der Waals surface area contributed by atoms with Gasteiger partial charge in [0.25, 0.3) is 0 Å². The second-order valence-corrected chi connectivity index (χ2v) is 18.9. The van der Waals surface area contributed by atoms with Crippen LogP contribution in [0.1, 0.15) is 99.1 Å². The maximum absolute atomic E-state index is 13.5. The zero-order valence-electron chi connectivity index (χ0n) is 39.2. The first kappa shape index (κ1) is 45.2. The first-order valence-electron chi connectivity index (χ1n) is 25.2. The lowest BCUT2D eigenvalue weighted by atomic mass is 9.97. The zero-order chi connectivity index (χ0) is 46.1. The molecule has 348 valence electrons. The van der Waals surface area contributed by atoms with E-state index in [0.29, 0.717) is 13.1 Å². The Kier molecular flexibility index (Phi) is 14.3. The Morgan fingerprint density at radius 2 is 0.868 bits per heavy atom. The van der Waals surface area contributed by atoms with Crippen molar-refractivity contribution in [1.29, 1.82) is 0 Å².